The van der Waals surface area contributed by atoms with E-state index in [-0.39, 0.29) is 24.7 Å². The molecule has 3 N–H and O–H groups in total. The molecule has 5 atom stereocenters. The number of carbonyl (C=O) groups excluding carboxylic acids is 2. The number of nitrogens with zero attached hydrogens (tertiary/aromatic N) is 2. The van der Waals surface area contributed by atoms with Crippen molar-refractivity contribution in [1.82, 2.24) is 15.3 Å². The van der Waals surface area contributed by atoms with Gasteiger partial charge in [0.05, 0.1) is 25.9 Å². The van der Waals surface area contributed by atoms with Crippen LogP contribution in [0.3, 0.4) is 0 Å². The molecule has 2 heterocycles. The van der Waals surface area contributed by atoms with Crippen LogP contribution < -0.4 is 10.6 Å². The summed E-state index contributed by atoms with van der Waals surface area (Å²) in [4.78, 5) is 33.8. The van der Waals surface area contributed by atoms with Crippen molar-refractivity contribution in [3.05, 3.63) is 120 Å². The standard InChI is InChI=1S/C34H36N4O6S/c1-22-29(21-45-34-35-17-6-18-36-34)43-32(44-30(22)25-11-9-24(20-39)10-12-25)26-13-15-27(16-14-26)37-33(41)38-28(31(40)42-2)19-23-7-4-3-5-8-23/h3-18,22,28-30,32,39H,19-21H2,1-2H3,(H2,37,38,41)/t22-,28-,29+,30+,32+/m0/s1. The summed E-state index contributed by atoms with van der Waals surface area (Å²) < 4.78 is 17.9. The molecule has 0 spiro atoms. The Morgan fingerprint density at radius 3 is 2.27 bits per heavy atom. The summed E-state index contributed by atoms with van der Waals surface area (Å²) in [5.74, 6) is 0.110. The number of urea groups is 1. The van der Waals surface area contributed by atoms with Gasteiger partial charge in [0.25, 0.3) is 0 Å². The minimum Gasteiger partial charge on any atom is -0.467 e. The predicted molar refractivity (Wildman–Crippen MR) is 170 cm³/mol. The molecule has 5 rings (SSSR count). The van der Waals surface area contributed by atoms with Crippen LogP contribution in [0.1, 0.15) is 41.6 Å². The molecule has 1 saturated heterocycles. The number of rotatable bonds is 11. The minimum absolute atomic E-state index is 0.0146. The first kappa shape index (κ1) is 32.1. The van der Waals surface area contributed by atoms with Crippen molar-refractivity contribution in [2.24, 2.45) is 5.92 Å². The van der Waals surface area contributed by atoms with Gasteiger partial charge in [0.15, 0.2) is 11.4 Å². The molecule has 234 valence electrons. The molecule has 1 aliphatic heterocycles. The Morgan fingerprint density at radius 1 is 0.911 bits per heavy atom. The summed E-state index contributed by atoms with van der Waals surface area (Å²) >= 11 is 1.53. The Kier molecular flexibility index (Phi) is 11.2. The highest BCUT2D eigenvalue weighted by atomic mass is 32.2. The molecule has 2 amide bonds. The lowest BCUT2D eigenvalue weighted by molar-refractivity contribution is -0.268. The van der Waals surface area contributed by atoms with Crippen molar-refractivity contribution in [3.63, 3.8) is 0 Å². The van der Waals surface area contributed by atoms with E-state index in [1.807, 2.05) is 66.7 Å². The maximum absolute atomic E-state index is 12.8. The molecule has 1 aliphatic rings. The number of thioether (sulfide) groups is 1. The Hall–Kier alpha value is -4.29. The van der Waals surface area contributed by atoms with Gasteiger partial charge in [-0.25, -0.2) is 19.6 Å². The van der Waals surface area contributed by atoms with E-state index in [9.17, 15) is 14.7 Å². The second kappa shape index (κ2) is 15.6. The molecule has 45 heavy (non-hydrogen) atoms. The fourth-order valence-corrected chi connectivity index (χ4v) is 6.03. The molecule has 11 heteroatoms. The van der Waals surface area contributed by atoms with E-state index in [0.29, 0.717) is 23.0 Å². The van der Waals surface area contributed by atoms with E-state index >= 15 is 0 Å². The smallest absolute Gasteiger partial charge is 0.328 e. The fraction of sp³-hybridized carbons (Fsp3) is 0.294. The van der Waals surface area contributed by atoms with Gasteiger partial charge >= 0.3 is 12.0 Å². The Bertz CT molecular complexity index is 1530. The second-order valence-corrected chi connectivity index (χ2v) is 11.6. The fourth-order valence-electron chi connectivity index (χ4n) is 5.06. The van der Waals surface area contributed by atoms with Gasteiger partial charge in [-0.2, -0.15) is 0 Å². The zero-order chi connectivity index (χ0) is 31.6. The van der Waals surface area contributed by atoms with Crippen LogP contribution in [0, 0.1) is 5.92 Å². The summed E-state index contributed by atoms with van der Waals surface area (Å²) in [6.45, 7) is 2.07. The van der Waals surface area contributed by atoms with E-state index < -0.39 is 24.3 Å². The molecular formula is C34H36N4O6S. The van der Waals surface area contributed by atoms with E-state index in [4.69, 9.17) is 14.2 Å². The van der Waals surface area contributed by atoms with E-state index in [2.05, 4.69) is 27.5 Å². The lowest BCUT2D eigenvalue weighted by Crippen LogP contribution is -2.45. The maximum Gasteiger partial charge on any atom is 0.328 e. The molecule has 1 aromatic heterocycles. The maximum atomic E-state index is 12.8. The van der Waals surface area contributed by atoms with Gasteiger partial charge < -0.3 is 30.0 Å². The summed E-state index contributed by atoms with van der Waals surface area (Å²) in [6, 6.07) is 24.8. The number of aromatic nitrogens is 2. The first-order valence-corrected chi connectivity index (χ1v) is 15.6. The van der Waals surface area contributed by atoms with Crippen LogP contribution >= 0.6 is 11.8 Å². The van der Waals surface area contributed by atoms with Crippen molar-refractivity contribution in [2.45, 2.75) is 49.6 Å². The summed E-state index contributed by atoms with van der Waals surface area (Å²) in [5, 5.41) is 15.7. The molecule has 0 radical (unpaired) electrons. The first-order chi connectivity index (χ1) is 21.9. The van der Waals surface area contributed by atoms with Crippen LogP contribution in [0.5, 0.6) is 0 Å². The summed E-state index contributed by atoms with van der Waals surface area (Å²) in [5.41, 5.74) is 4.04. The molecule has 0 aliphatic carbocycles. The lowest BCUT2D eigenvalue weighted by atomic mass is 9.91. The number of aliphatic hydroxyl groups excluding tert-OH is 1. The Balaban J connectivity index is 1.27. The predicted octanol–water partition coefficient (Wildman–Crippen LogP) is 5.46. The highest BCUT2D eigenvalue weighted by Crippen LogP contribution is 2.43. The average molecular weight is 629 g/mol. The average Bonchev–Trinajstić information content (AvgIpc) is 3.08. The number of amides is 2. The Morgan fingerprint density at radius 2 is 1.60 bits per heavy atom. The van der Waals surface area contributed by atoms with Crippen LogP contribution in [-0.4, -0.2) is 52.1 Å². The Labute approximate surface area is 266 Å². The van der Waals surface area contributed by atoms with Crippen LogP contribution in [0.25, 0.3) is 0 Å². The quantitative estimate of drug-likeness (QED) is 0.113. The number of esters is 1. The van der Waals surface area contributed by atoms with Crippen LogP contribution in [-0.2, 0) is 32.0 Å². The number of methoxy groups -OCH3 is 1. The van der Waals surface area contributed by atoms with Gasteiger partial charge in [0, 0.05) is 41.7 Å². The lowest BCUT2D eigenvalue weighted by Gasteiger charge is -2.41. The SMILES string of the molecule is COC(=O)[C@H](Cc1ccccc1)NC(=O)Nc1ccc([C@@H]2O[C@H](CSc3ncccn3)[C@H](C)[C@H](c3ccc(CO)cc3)O2)cc1. The van der Waals surface area contributed by atoms with Crippen molar-refractivity contribution in [3.8, 4) is 0 Å². The van der Waals surface area contributed by atoms with Gasteiger partial charge in [0.1, 0.15) is 6.04 Å². The topological polar surface area (TPSA) is 132 Å². The molecule has 10 nitrogen and oxygen atoms in total. The molecule has 3 aromatic carbocycles. The number of anilines is 1. The summed E-state index contributed by atoms with van der Waals surface area (Å²) in [6.07, 6.45) is 2.63. The van der Waals surface area contributed by atoms with E-state index in [1.165, 1.54) is 18.9 Å². The number of ether oxygens (including phenoxy) is 3. The first-order valence-electron chi connectivity index (χ1n) is 14.6. The van der Waals surface area contributed by atoms with E-state index in [0.717, 1.165) is 22.3 Å². The third kappa shape index (κ3) is 8.67. The molecule has 0 unspecified atom stereocenters. The van der Waals surface area contributed by atoms with E-state index in [1.54, 1.807) is 30.6 Å². The van der Waals surface area contributed by atoms with Crippen molar-refractivity contribution in [1.29, 1.82) is 0 Å². The number of carbonyl (C=O) groups is 2. The molecule has 1 fully saturated rings. The van der Waals surface area contributed by atoms with Gasteiger partial charge in [-0.15, -0.1) is 0 Å². The van der Waals surface area contributed by atoms with Gasteiger partial charge in [-0.05, 0) is 34.9 Å². The third-order valence-corrected chi connectivity index (χ3v) is 8.52. The zero-order valence-electron chi connectivity index (χ0n) is 25.0. The second-order valence-electron chi connectivity index (χ2n) is 10.7. The number of hydrogen-bond acceptors (Lipinski definition) is 9. The van der Waals surface area contributed by atoms with Crippen molar-refractivity contribution in [2.75, 3.05) is 18.2 Å². The monoisotopic (exact) mass is 628 g/mol. The number of benzene rings is 3. The van der Waals surface area contributed by atoms with Crippen molar-refractivity contribution < 1.29 is 28.9 Å². The molecule has 4 aromatic rings. The van der Waals surface area contributed by atoms with Gasteiger partial charge in [0.2, 0.25) is 0 Å². The summed E-state index contributed by atoms with van der Waals surface area (Å²) in [7, 11) is 1.29. The number of aliphatic hydroxyl groups is 1. The largest absolute Gasteiger partial charge is 0.467 e. The normalized spacial score (nSPS) is 20.2. The van der Waals surface area contributed by atoms with Gasteiger partial charge in [-0.3, -0.25) is 0 Å². The van der Waals surface area contributed by atoms with Crippen LogP contribution in [0.15, 0.2) is 102 Å². The van der Waals surface area contributed by atoms with Crippen molar-refractivity contribution >= 4 is 29.4 Å². The highest BCUT2D eigenvalue weighted by molar-refractivity contribution is 7.99. The van der Waals surface area contributed by atoms with Gasteiger partial charge in [-0.1, -0.05) is 85.4 Å². The highest BCUT2D eigenvalue weighted by Gasteiger charge is 2.38. The number of nitrogens with one attached hydrogen (secondary N) is 2. The molecular weight excluding hydrogens is 592 g/mol. The minimum atomic E-state index is -0.845. The van der Waals surface area contributed by atoms with Crippen LogP contribution in [0.2, 0.25) is 0 Å². The molecule has 0 saturated carbocycles. The third-order valence-electron chi connectivity index (χ3n) is 7.56. The zero-order valence-corrected chi connectivity index (χ0v) is 25.9. The van der Waals surface area contributed by atoms with Crippen LogP contribution in [0.4, 0.5) is 10.5 Å². The number of hydrogen-bond donors (Lipinski definition) is 3. The molecule has 0 bridgehead atoms.